The van der Waals surface area contributed by atoms with Crippen LogP contribution in [0.2, 0.25) is 0 Å². The number of fused-ring (bicyclic) bond motifs is 1. The van der Waals surface area contributed by atoms with Gasteiger partial charge in [0, 0.05) is 11.1 Å². The van der Waals surface area contributed by atoms with Gasteiger partial charge in [0.05, 0.1) is 18.7 Å². The number of aliphatic hydroxyl groups is 1. The molecule has 0 saturated carbocycles. The third-order valence-corrected chi connectivity index (χ3v) is 5.64. The Morgan fingerprint density at radius 3 is 2.42 bits per heavy atom. The average Bonchev–Trinajstić information content (AvgIpc) is 3.38. The minimum atomic E-state index is -0.973. The number of carbonyl (C=O) groups excluding carboxylic acids is 2. The molecule has 0 aliphatic carbocycles. The molecular weight excluding hydrogens is 422 g/mol. The quantitative estimate of drug-likeness (QED) is 0.426. The highest BCUT2D eigenvalue weighted by atomic mass is 16.5. The fraction of sp³-hybridized carbons (Fsp3) is 0.0769. The smallest absolute Gasteiger partial charge is 0.294 e. The van der Waals surface area contributed by atoms with Crippen molar-refractivity contribution >= 4 is 28.3 Å². The molecule has 7 nitrogen and oxygen atoms in total. The third kappa shape index (κ3) is 3.40. The Hall–Kier alpha value is -4.52. The Bertz CT molecular complexity index is 1380. The van der Waals surface area contributed by atoms with Gasteiger partial charge >= 0.3 is 0 Å². The topological polar surface area (TPSA) is 100 Å². The van der Waals surface area contributed by atoms with Crippen molar-refractivity contribution in [3.8, 4) is 11.5 Å². The molecule has 4 aromatic rings. The number of Topliss-reactive ketones (excluding diaryl/α,β-unsaturated/α-hetero) is 1. The van der Waals surface area contributed by atoms with Gasteiger partial charge in [-0.2, -0.15) is 0 Å². The highest BCUT2D eigenvalue weighted by Crippen LogP contribution is 2.43. The summed E-state index contributed by atoms with van der Waals surface area (Å²) in [6.45, 7) is 0. The minimum absolute atomic E-state index is 0.00674. The second-order valence-corrected chi connectivity index (χ2v) is 7.61. The van der Waals surface area contributed by atoms with Crippen LogP contribution in [0.4, 0.5) is 5.69 Å². The molecule has 1 atom stereocenters. The number of carbonyl (C=O) groups is 2. The van der Waals surface area contributed by atoms with Crippen LogP contribution in [0, 0.1) is 0 Å². The molecule has 33 heavy (non-hydrogen) atoms. The lowest BCUT2D eigenvalue weighted by molar-refractivity contribution is -0.117. The number of rotatable bonds is 5. The van der Waals surface area contributed by atoms with Crippen molar-refractivity contribution < 1.29 is 29.0 Å². The van der Waals surface area contributed by atoms with E-state index < -0.39 is 23.5 Å². The van der Waals surface area contributed by atoms with Crippen molar-refractivity contribution in [2.75, 3.05) is 12.0 Å². The van der Waals surface area contributed by atoms with E-state index in [0.29, 0.717) is 22.6 Å². The van der Waals surface area contributed by atoms with Crippen LogP contribution in [-0.2, 0) is 4.79 Å². The maximum Gasteiger partial charge on any atom is 0.294 e. The van der Waals surface area contributed by atoms with Gasteiger partial charge in [0.15, 0.2) is 11.5 Å². The maximum absolute atomic E-state index is 13.5. The molecule has 3 aromatic carbocycles. The number of methoxy groups -OCH3 is 1. The number of phenols is 1. The monoisotopic (exact) mass is 441 g/mol. The molecule has 1 aliphatic rings. The summed E-state index contributed by atoms with van der Waals surface area (Å²) in [5.74, 6) is -1.43. The normalized spacial score (nSPS) is 16.0. The number of ether oxygens (including phenoxy) is 1. The van der Waals surface area contributed by atoms with E-state index in [0.717, 1.165) is 5.39 Å². The second kappa shape index (κ2) is 7.87. The second-order valence-electron chi connectivity index (χ2n) is 7.61. The summed E-state index contributed by atoms with van der Waals surface area (Å²) in [5.41, 5.74) is 1.31. The van der Waals surface area contributed by atoms with Gasteiger partial charge in [-0.1, -0.05) is 30.3 Å². The molecule has 0 radical (unpaired) electrons. The van der Waals surface area contributed by atoms with Crippen LogP contribution in [0.3, 0.4) is 0 Å². The van der Waals surface area contributed by atoms with E-state index in [1.165, 1.54) is 24.1 Å². The summed E-state index contributed by atoms with van der Waals surface area (Å²) in [7, 11) is 1.53. The number of para-hydroxylation sites is 1. The van der Waals surface area contributed by atoms with Crippen molar-refractivity contribution in [2.45, 2.75) is 6.04 Å². The van der Waals surface area contributed by atoms with Crippen molar-refractivity contribution in [2.24, 2.45) is 0 Å². The number of nitrogens with zero attached hydrogens (tertiary/aromatic N) is 1. The van der Waals surface area contributed by atoms with Crippen LogP contribution < -0.4 is 9.64 Å². The molecule has 164 valence electrons. The molecule has 0 saturated heterocycles. The molecule has 1 aliphatic heterocycles. The number of furan rings is 1. The summed E-state index contributed by atoms with van der Waals surface area (Å²) >= 11 is 0. The number of aliphatic hydroxyl groups excluding tert-OH is 1. The molecule has 1 aromatic heterocycles. The average molecular weight is 441 g/mol. The number of ketones is 1. The lowest BCUT2D eigenvalue weighted by atomic mass is 9.94. The summed E-state index contributed by atoms with van der Waals surface area (Å²) in [4.78, 5) is 28.1. The van der Waals surface area contributed by atoms with Crippen molar-refractivity contribution in [3.63, 3.8) is 0 Å². The highest BCUT2D eigenvalue weighted by Gasteiger charge is 2.45. The van der Waals surface area contributed by atoms with E-state index in [9.17, 15) is 19.8 Å². The van der Waals surface area contributed by atoms with Crippen molar-refractivity contribution in [3.05, 3.63) is 102 Å². The van der Waals surface area contributed by atoms with Crippen LogP contribution in [0.25, 0.3) is 11.0 Å². The first kappa shape index (κ1) is 20.4. The van der Waals surface area contributed by atoms with Gasteiger partial charge in [-0.25, -0.2) is 0 Å². The van der Waals surface area contributed by atoms with Crippen LogP contribution >= 0.6 is 0 Å². The van der Waals surface area contributed by atoms with Gasteiger partial charge in [-0.05, 0) is 54.1 Å². The van der Waals surface area contributed by atoms with E-state index in [1.54, 1.807) is 60.7 Å². The number of benzene rings is 3. The number of hydrogen-bond acceptors (Lipinski definition) is 6. The van der Waals surface area contributed by atoms with Gasteiger partial charge in [0.25, 0.3) is 5.91 Å². The Labute approximate surface area is 188 Å². The molecule has 0 fully saturated rings. The van der Waals surface area contributed by atoms with E-state index in [4.69, 9.17) is 9.15 Å². The lowest BCUT2D eigenvalue weighted by Crippen LogP contribution is -2.31. The molecular formula is C26H19NO6. The van der Waals surface area contributed by atoms with Gasteiger partial charge < -0.3 is 19.4 Å². The highest BCUT2D eigenvalue weighted by molar-refractivity contribution is 6.20. The predicted molar refractivity (Wildman–Crippen MR) is 122 cm³/mol. The van der Waals surface area contributed by atoms with Gasteiger partial charge in [-0.15, -0.1) is 0 Å². The van der Waals surface area contributed by atoms with Gasteiger partial charge in [0.1, 0.15) is 17.1 Å². The van der Waals surface area contributed by atoms with Gasteiger partial charge in [-0.3, -0.25) is 14.5 Å². The summed E-state index contributed by atoms with van der Waals surface area (Å²) in [6, 6.07) is 20.7. The summed E-state index contributed by atoms with van der Waals surface area (Å²) in [5, 5.41) is 21.6. The molecule has 5 rings (SSSR count). The van der Waals surface area contributed by atoms with E-state index in [1.807, 2.05) is 6.07 Å². The molecule has 7 heteroatoms. The maximum atomic E-state index is 13.5. The van der Waals surface area contributed by atoms with Crippen molar-refractivity contribution in [1.82, 2.24) is 0 Å². The number of hydrogen-bond donors (Lipinski definition) is 2. The van der Waals surface area contributed by atoms with E-state index in [-0.39, 0.29) is 17.1 Å². The standard InChI is InChI=1S/C26H19NO6/c1-32-19-11-9-17(10-12-19)27-23(16-6-4-7-18(28)13-16)22(25(30)26(27)31)24(29)21-14-15-5-2-3-8-20(15)33-21/h2-14,23,28,30H,1H3. The largest absolute Gasteiger partial charge is 0.508 e. The van der Waals surface area contributed by atoms with Crippen LogP contribution in [0.5, 0.6) is 11.5 Å². The lowest BCUT2D eigenvalue weighted by Gasteiger charge is -2.27. The number of aromatic hydroxyl groups is 1. The zero-order chi connectivity index (χ0) is 23.1. The predicted octanol–water partition coefficient (Wildman–Crippen LogP) is 4.93. The molecule has 1 amide bonds. The number of amides is 1. The Kier molecular flexibility index (Phi) is 4.86. The van der Waals surface area contributed by atoms with E-state index in [2.05, 4.69) is 0 Å². The fourth-order valence-corrected chi connectivity index (χ4v) is 4.08. The minimum Gasteiger partial charge on any atom is -0.508 e. The third-order valence-electron chi connectivity index (χ3n) is 5.64. The summed E-state index contributed by atoms with van der Waals surface area (Å²) in [6.07, 6.45) is 0. The zero-order valence-electron chi connectivity index (χ0n) is 17.6. The molecule has 1 unspecified atom stereocenters. The Morgan fingerprint density at radius 2 is 1.73 bits per heavy atom. The molecule has 0 spiro atoms. The molecule has 0 bridgehead atoms. The fourth-order valence-electron chi connectivity index (χ4n) is 4.08. The molecule has 2 N–H and O–H groups in total. The Morgan fingerprint density at radius 1 is 0.970 bits per heavy atom. The van der Waals surface area contributed by atoms with Crippen molar-refractivity contribution in [1.29, 1.82) is 0 Å². The van der Waals surface area contributed by atoms with Crippen LogP contribution in [0.1, 0.15) is 22.2 Å². The van der Waals surface area contributed by atoms with Crippen LogP contribution in [-0.4, -0.2) is 29.0 Å². The van der Waals surface area contributed by atoms with E-state index >= 15 is 0 Å². The first-order valence-corrected chi connectivity index (χ1v) is 10.2. The SMILES string of the molecule is COc1ccc(N2C(=O)C(O)=C(C(=O)c3cc4ccccc4o3)C2c2cccc(O)c2)cc1. The number of phenolic OH excluding ortho intramolecular Hbond substituents is 1. The number of anilines is 1. The zero-order valence-corrected chi connectivity index (χ0v) is 17.6. The first-order chi connectivity index (χ1) is 16.0. The summed E-state index contributed by atoms with van der Waals surface area (Å²) < 4.78 is 10.9. The van der Waals surface area contributed by atoms with Crippen LogP contribution in [0.15, 0.2) is 94.6 Å². The molecule has 2 heterocycles. The first-order valence-electron chi connectivity index (χ1n) is 10.2. The van der Waals surface area contributed by atoms with Gasteiger partial charge in [0.2, 0.25) is 5.78 Å². The Balaban J connectivity index is 1.65.